The lowest BCUT2D eigenvalue weighted by Crippen LogP contribution is -2.49. The zero-order valence-electron chi connectivity index (χ0n) is 32.2. The maximum absolute atomic E-state index is 6.56. The van der Waals surface area contributed by atoms with Gasteiger partial charge in [0.05, 0.1) is 5.41 Å². The van der Waals surface area contributed by atoms with Gasteiger partial charge in [-0.2, -0.15) is 0 Å². The van der Waals surface area contributed by atoms with Crippen LogP contribution < -0.4 is 4.74 Å². The second-order valence-electron chi connectivity index (χ2n) is 17.8. The summed E-state index contributed by atoms with van der Waals surface area (Å²) in [7, 11) is 0. The van der Waals surface area contributed by atoms with E-state index in [9.17, 15) is 0 Å². The van der Waals surface area contributed by atoms with Crippen molar-refractivity contribution < 1.29 is 4.74 Å². The number of hydrogen-bond donors (Lipinski definition) is 0. The first-order valence-corrected chi connectivity index (χ1v) is 21.1. The molecule has 0 radical (unpaired) electrons. The molecule has 7 aromatic carbocycles. The number of aromatic nitrogens is 3. The van der Waals surface area contributed by atoms with E-state index in [1.807, 2.05) is 0 Å². The van der Waals surface area contributed by atoms with Crippen molar-refractivity contribution in [1.29, 1.82) is 0 Å². The molecule has 0 N–H and O–H groups in total. The minimum atomic E-state index is -0.477. The normalized spacial score (nSPS) is 22.6. The van der Waals surface area contributed by atoms with Gasteiger partial charge in [0.1, 0.15) is 17.3 Å². The van der Waals surface area contributed by atoms with Gasteiger partial charge in [0, 0.05) is 27.7 Å². The van der Waals surface area contributed by atoms with Crippen molar-refractivity contribution in [2.75, 3.05) is 0 Å². The Morgan fingerprint density at radius 1 is 0.414 bits per heavy atom. The zero-order valence-corrected chi connectivity index (χ0v) is 32.2. The summed E-state index contributed by atoms with van der Waals surface area (Å²) >= 11 is 0. The van der Waals surface area contributed by atoms with E-state index in [0.29, 0.717) is 0 Å². The Bertz CT molecular complexity index is 2920. The summed E-state index contributed by atoms with van der Waals surface area (Å²) in [5, 5.41) is 2.43. The summed E-state index contributed by atoms with van der Waals surface area (Å²) in [6.45, 7) is 0. The summed E-state index contributed by atoms with van der Waals surface area (Å²) in [5.41, 5.74) is 11.4. The first kappa shape index (κ1) is 32.7. The van der Waals surface area contributed by atoms with Crippen LogP contribution in [0.4, 0.5) is 0 Å². The third kappa shape index (κ3) is 4.66. The smallest absolute Gasteiger partial charge is 0.163 e. The number of nitrogens with zero attached hydrogens (tertiary/aromatic N) is 3. The third-order valence-corrected chi connectivity index (χ3v) is 14.5. The van der Waals surface area contributed by atoms with Gasteiger partial charge >= 0.3 is 0 Å². The fourth-order valence-electron chi connectivity index (χ4n) is 12.5. The number of hydrogen-bond acceptors (Lipinski definition) is 4. The van der Waals surface area contributed by atoms with Crippen molar-refractivity contribution in [3.05, 3.63) is 186 Å². The molecule has 5 aliphatic carbocycles. The first-order valence-electron chi connectivity index (χ1n) is 21.1. The van der Waals surface area contributed by atoms with E-state index in [0.717, 1.165) is 63.4 Å². The van der Waals surface area contributed by atoms with Gasteiger partial charge in [0.15, 0.2) is 11.6 Å². The van der Waals surface area contributed by atoms with Crippen LogP contribution in [0.1, 0.15) is 66.6 Å². The molecule has 4 bridgehead atoms. The molecule has 0 amide bonds. The molecule has 4 fully saturated rings. The summed E-state index contributed by atoms with van der Waals surface area (Å²) in [5.74, 6) is 6.78. The van der Waals surface area contributed by atoms with Gasteiger partial charge in [-0.05, 0) is 131 Å². The molecule has 6 aliphatic rings. The van der Waals surface area contributed by atoms with E-state index >= 15 is 0 Å². The molecule has 4 heteroatoms. The standard InChI is InChI=1S/C54H41N3O/c1-2-11-37-27-41(21-20-36(37)10-1)51-55-50(56-52(57-51)53-30-33-24-34(31-53)26-35(25-33)32-53)40-13-9-12-38(28-40)39-22-23-45-43(29-39)42-14-3-4-15-44(42)54(45)46-16-5-7-18-48(46)58-49-19-8-6-17-47(49)54/h1-23,27-29,33-35H,24-26,30-32H2/t33-,34+,35?,53?. The topological polar surface area (TPSA) is 47.9 Å². The molecule has 0 atom stereocenters. The SMILES string of the molecule is c1cc(-c2ccc3c(c2)-c2ccccc2C32c3ccccc3Oc3ccccc32)cc(-c2nc(-c3ccc4ccccc4c3)nc(C34CC5C[C@H](C3)C[C@@H](C5)C4)n2)c1. The fraction of sp³-hybridized carbons (Fsp3) is 0.204. The first-order chi connectivity index (χ1) is 28.6. The fourth-order valence-corrected chi connectivity index (χ4v) is 12.5. The lowest BCUT2D eigenvalue weighted by atomic mass is 9.49. The number of benzene rings is 7. The van der Waals surface area contributed by atoms with Crippen molar-refractivity contribution in [1.82, 2.24) is 15.0 Å². The summed E-state index contributed by atoms with van der Waals surface area (Å²) < 4.78 is 6.56. The molecular formula is C54H41N3O. The predicted molar refractivity (Wildman–Crippen MR) is 231 cm³/mol. The molecule has 8 aromatic rings. The molecule has 0 unspecified atom stereocenters. The Morgan fingerprint density at radius 2 is 0.966 bits per heavy atom. The number of ether oxygens (including phenoxy) is 1. The molecule has 1 aromatic heterocycles. The predicted octanol–water partition coefficient (Wildman–Crippen LogP) is 13.0. The van der Waals surface area contributed by atoms with Crippen molar-refractivity contribution in [3.63, 3.8) is 0 Å². The largest absolute Gasteiger partial charge is 0.457 e. The van der Waals surface area contributed by atoms with Crippen LogP contribution in [0.3, 0.4) is 0 Å². The van der Waals surface area contributed by atoms with E-state index in [1.165, 1.54) is 88.2 Å². The Kier molecular flexibility index (Phi) is 6.80. The van der Waals surface area contributed by atoms with Crippen molar-refractivity contribution >= 4 is 10.8 Å². The van der Waals surface area contributed by atoms with Crippen LogP contribution in [-0.2, 0) is 10.8 Å². The van der Waals surface area contributed by atoms with Gasteiger partial charge in [-0.1, -0.05) is 127 Å². The third-order valence-electron chi connectivity index (χ3n) is 14.5. The highest BCUT2D eigenvalue weighted by molar-refractivity contribution is 5.91. The molecule has 4 saturated carbocycles. The van der Waals surface area contributed by atoms with E-state index in [2.05, 4.69) is 158 Å². The molecule has 1 aliphatic heterocycles. The van der Waals surface area contributed by atoms with Gasteiger partial charge in [-0.15, -0.1) is 0 Å². The van der Waals surface area contributed by atoms with E-state index < -0.39 is 5.41 Å². The van der Waals surface area contributed by atoms with E-state index in [-0.39, 0.29) is 5.41 Å². The molecule has 2 heterocycles. The van der Waals surface area contributed by atoms with Crippen LogP contribution in [0.2, 0.25) is 0 Å². The molecule has 4 nitrogen and oxygen atoms in total. The number of para-hydroxylation sites is 2. The molecule has 0 saturated heterocycles. The highest BCUT2D eigenvalue weighted by Crippen LogP contribution is 2.63. The summed E-state index contributed by atoms with van der Waals surface area (Å²) in [6, 6.07) is 57.2. The maximum atomic E-state index is 6.56. The average Bonchev–Trinajstić information content (AvgIpc) is 3.55. The molecule has 14 rings (SSSR count). The van der Waals surface area contributed by atoms with Crippen LogP contribution in [0, 0.1) is 17.8 Å². The van der Waals surface area contributed by atoms with Crippen LogP contribution in [-0.4, -0.2) is 15.0 Å². The molecule has 58 heavy (non-hydrogen) atoms. The molecular weight excluding hydrogens is 707 g/mol. The van der Waals surface area contributed by atoms with E-state index in [4.69, 9.17) is 19.7 Å². The van der Waals surface area contributed by atoms with Gasteiger partial charge in [-0.25, -0.2) is 15.0 Å². The minimum absolute atomic E-state index is 0.0420. The lowest BCUT2D eigenvalue weighted by molar-refractivity contribution is -0.00938. The van der Waals surface area contributed by atoms with Gasteiger partial charge in [0.25, 0.3) is 0 Å². The van der Waals surface area contributed by atoms with Crippen molar-refractivity contribution in [2.45, 2.75) is 49.4 Å². The second-order valence-corrected chi connectivity index (χ2v) is 17.8. The van der Waals surface area contributed by atoms with Gasteiger partial charge in [-0.3, -0.25) is 0 Å². The van der Waals surface area contributed by atoms with Crippen molar-refractivity contribution in [2.24, 2.45) is 17.8 Å². The average molecular weight is 748 g/mol. The summed E-state index contributed by atoms with van der Waals surface area (Å²) in [6.07, 6.45) is 7.78. The van der Waals surface area contributed by atoms with Crippen LogP contribution in [0.15, 0.2) is 158 Å². The highest BCUT2D eigenvalue weighted by Gasteiger charge is 2.54. The Labute approximate surface area is 338 Å². The summed E-state index contributed by atoms with van der Waals surface area (Å²) in [4.78, 5) is 16.2. The quantitative estimate of drug-likeness (QED) is 0.180. The lowest BCUT2D eigenvalue weighted by Gasteiger charge is -2.56. The Morgan fingerprint density at radius 3 is 1.69 bits per heavy atom. The maximum Gasteiger partial charge on any atom is 0.163 e. The zero-order chi connectivity index (χ0) is 38.0. The Hall–Kier alpha value is -6.39. The van der Waals surface area contributed by atoms with Crippen LogP contribution >= 0.6 is 0 Å². The van der Waals surface area contributed by atoms with Gasteiger partial charge in [0.2, 0.25) is 0 Å². The van der Waals surface area contributed by atoms with Crippen LogP contribution in [0.5, 0.6) is 11.5 Å². The number of rotatable bonds is 4. The highest BCUT2D eigenvalue weighted by atomic mass is 16.5. The Balaban J connectivity index is 0.961. The monoisotopic (exact) mass is 747 g/mol. The second kappa shape index (κ2) is 12.1. The van der Waals surface area contributed by atoms with Crippen LogP contribution in [0.25, 0.3) is 55.8 Å². The van der Waals surface area contributed by atoms with Gasteiger partial charge < -0.3 is 4.74 Å². The molecule has 1 spiro atoms. The van der Waals surface area contributed by atoms with Crippen molar-refractivity contribution in [3.8, 4) is 56.5 Å². The number of fused-ring (bicyclic) bond motifs is 10. The minimum Gasteiger partial charge on any atom is -0.457 e. The molecule has 278 valence electrons. The van der Waals surface area contributed by atoms with E-state index in [1.54, 1.807) is 0 Å².